The molecule has 0 saturated heterocycles. The van der Waals surface area contributed by atoms with Crippen LogP contribution in [-0.4, -0.2) is 9.55 Å². The first-order valence-corrected chi connectivity index (χ1v) is 5.10. The highest BCUT2D eigenvalue weighted by Gasteiger charge is 2.02. The highest BCUT2D eigenvalue weighted by atomic mass is 19.1. The number of imidazole rings is 1. The van der Waals surface area contributed by atoms with E-state index in [1.807, 2.05) is 23.9 Å². The number of aryl methyl sites for hydroxylation is 1. The molecule has 0 aliphatic carbocycles. The number of hydrogen-bond donors (Lipinski definition) is 1. The monoisotopic (exact) mass is 230 g/mol. The number of nitrogens with one attached hydrogen (secondary N) is 1. The molecule has 0 radical (unpaired) electrons. The summed E-state index contributed by atoms with van der Waals surface area (Å²) in [7, 11) is 1.89. The third-order valence-electron chi connectivity index (χ3n) is 2.40. The van der Waals surface area contributed by atoms with E-state index in [0.29, 0.717) is 17.8 Å². The van der Waals surface area contributed by atoms with Gasteiger partial charge in [-0.1, -0.05) is 0 Å². The topological polar surface area (TPSA) is 53.6 Å². The molecular weight excluding hydrogens is 219 g/mol. The van der Waals surface area contributed by atoms with Crippen LogP contribution in [0.25, 0.3) is 0 Å². The number of nitriles is 1. The van der Waals surface area contributed by atoms with Gasteiger partial charge in [0.05, 0.1) is 18.2 Å². The maximum Gasteiger partial charge on any atom is 0.127 e. The molecule has 1 N–H and O–H groups in total. The Kier molecular flexibility index (Phi) is 3.06. The highest BCUT2D eigenvalue weighted by Crippen LogP contribution is 2.14. The second-order valence-electron chi connectivity index (χ2n) is 3.65. The Balaban J connectivity index is 2.12. The van der Waals surface area contributed by atoms with Crippen LogP contribution in [0.3, 0.4) is 0 Å². The van der Waals surface area contributed by atoms with Crippen molar-refractivity contribution in [2.75, 3.05) is 5.32 Å². The molecule has 0 atom stereocenters. The lowest BCUT2D eigenvalue weighted by Crippen LogP contribution is -2.05. The van der Waals surface area contributed by atoms with Gasteiger partial charge in [-0.2, -0.15) is 5.26 Å². The molecule has 0 saturated carbocycles. The smallest absolute Gasteiger partial charge is 0.127 e. The lowest BCUT2D eigenvalue weighted by Gasteiger charge is -2.06. The van der Waals surface area contributed by atoms with Crippen molar-refractivity contribution in [3.63, 3.8) is 0 Å². The van der Waals surface area contributed by atoms with E-state index in [4.69, 9.17) is 5.26 Å². The third-order valence-corrected chi connectivity index (χ3v) is 2.40. The molecule has 1 aromatic heterocycles. The van der Waals surface area contributed by atoms with Gasteiger partial charge in [-0.25, -0.2) is 9.37 Å². The predicted octanol–water partition coefficient (Wildman–Crippen LogP) is 2.04. The summed E-state index contributed by atoms with van der Waals surface area (Å²) in [6.07, 6.45) is 3.53. The number of aromatic nitrogens is 2. The van der Waals surface area contributed by atoms with E-state index in [2.05, 4.69) is 10.3 Å². The number of rotatable bonds is 3. The average Bonchev–Trinajstić information content (AvgIpc) is 2.71. The van der Waals surface area contributed by atoms with Crippen molar-refractivity contribution in [1.29, 1.82) is 5.26 Å². The summed E-state index contributed by atoms with van der Waals surface area (Å²) in [6, 6.07) is 6.07. The van der Waals surface area contributed by atoms with Gasteiger partial charge in [0.15, 0.2) is 0 Å². The molecule has 4 nitrogen and oxygen atoms in total. The first-order chi connectivity index (χ1) is 8.19. The number of benzene rings is 1. The summed E-state index contributed by atoms with van der Waals surface area (Å²) in [6.45, 7) is 0.484. The number of nitrogens with zero attached hydrogens (tertiary/aromatic N) is 3. The van der Waals surface area contributed by atoms with Gasteiger partial charge in [-0.3, -0.25) is 0 Å². The zero-order valence-corrected chi connectivity index (χ0v) is 9.31. The van der Waals surface area contributed by atoms with Crippen molar-refractivity contribution in [3.05, 3.63) is 47.8 Å². The molecule has 0 fully saturated rings. The molecule has 86 valence electrons. The van der Waals surface area contributed by atoms with E-state index in [-0.39, 0.29) is 0 Å². The van der Waals surface area contributed by atoms with Crippen LogP contribution in [-0.2, 0) is 13.6 Å². The Morgan fingerprint density at radius 3 is 2.94 bits per heavy atom. The molecule has 0 amide bonds. The molecule has 17 heavy (non-hydrogen) atoms. The van der Waals surface area contributed by atoms with Gasteiger partial charge < -0.3 is 9.88 Å². The third kappa shape index (κ3) is 2.61. The second kappa shape index (κ2) is 4.66. The predicted molar refractivity (Wildman–Crippen MR) is 61.6 cm³/mol. The van der Waals surface area contributed by atoms with Crippen LogP contribution < -0.4 is 5.32 Å². The van der Waals surface area contributed by atoms with Crippen LogP contribution in [0, 0.1) is 17.1 Å². The first-order valence-electron chi connectivity index (χ1n) is 5.10. The fourth-order valence-corrected chi connectivity index (χ4v) is 1.50. The molecule has 0 aliphatic heterocycles. The fraction of sp³-hybridized carbons (Fsp3) is 0.167. The Hall–Kier alpha value is -2.35. The van der Waals surface area contributed by atoms with Gasteiger partial charge in [0.25, 0.3) is 0 Å². The largest absolute Gasteiger partial charge is 0.378 e. The van der Waals surface area contributed by atoms with Gasteiger partial charge in [-0.15, -0.1) is 0 Å². The Morgan fingerprint density at radius 1 is 1.47 bits per heavy atom. The van der Waals surface area contributed by atoms with Gasteiger partial charge in [0, 0.05) is 25.1 Å². The summed E-state index contributed by atoms with van der Waals surface area (Å²) in [5.41, 5.74) is 0.872. The summed E-state index contributed by atoms with van der Waals surface area (Å²) in [5, 5.41) is 11.8. The van der Waals surface area contributed by atoms with Gasteiger partial charge in [0.1, 0.15) is 11.6 Å². The van der Waals surface area contributed by atoms with Crippen molar-refractivity contribution in [2.45, 2.75) is 6.54 Å². The lowest BCUT2D eigenvalue weighted by molar-refractivity contribution is 0.627. The maximum absolute atomic E-state index is 13.1. The molecule has 0 unspecified atom stereocenters. The van der Waals surface area contributed by atoms with Crippen molar-refractivity contribution in [2.24, 2.45) is 7.05 Å². The standard InChI is InChI=1S/C12H11FN4/c1-17-3-2-15-12(17)8-16-11-5-9(7-14)4-10(13)6-11/h2-6,16H,8H2,1H3. The maximum atomic E-state index is 13.1. The van der Waals surface area contributed by atoms with Crippen LogP contribution >= 0.6 is 0 Å². The molecule has 2 rings (SSSR count). The number of hydrogen-bond acceptors (Lipinski definition) is 3. The summed E-state index contributed by atoms with van der Waals surface area (Å²) < 4.78 is 15.0. The van der Waals surface area contributed by atoms with E-state index in [9.17, 15) is 4.39 Å². The average molecular weight is 230 g/mol. The van der Waals surface area contributed by atoms with Crippen molar-refractivity contribution >= 4 is 5.69 Å². The van der Waals surface area contributed by atoms with E-state index >= 15 is 0 Å². The van der Waals surface area contributed by atoms with E-state index in [1.165, 1.54) is 12.1 Å². The van der Waals surface area contributed by atoms with E-state index in [0.717, 1.165) is 5.82 Å². The Labute approximate surface area is 98.3 Å². The minimum Gasteiger partial charge on any atom is -0.378 e. The van der Waals surface area contributed by atoms with E-state index in [1.54, 1.807) is 12.3 Å². The summed E-state index contributed by atoms with van der Waals surface area (Å²) in [5.74, 6) is 0.416. The van der Waals surface area contributed by atoms with Crippen LogP contribution in [0.4, 0.5) is 10.1 Å². The van der Waals surface area contributed by atoms with Gasteiger partial charge >= 0.3 is 0 Å². The zero-order valence-electron chi connectivity index (χ0n) is 9.31. The molecule has 5 heteroatoms. The molecule has 1 heterocycles. The summed E-state index contributed by atoms with van der Waals surface area (Å²) in [4.78, 5) is 4.14. The number of halogens is 1. The zero-order chi connectivity index (χ0) is 12.3. The summed E-state index contributed by atoms with van der Waals surface area (Å²) >= 11 is 0. The number of anilines is 1. The Morgan fingerprint density at radius 2 is 2.29 bits per heavy atom. The first kappa shape index (κ1) is 11.1. The van der Waals surface area contributed by atoms with Crippen molar-refractivity contribution in [1.82, 2.24) is 9.55 Å². The molecule has 1 aromatic carbocycles. The minimum absolute atomic E-state index is 0.298. The van der Waals surface area contributed by atoms with Crippen LogP contribution in [0.15, 0.2) is 30.6 Å². The SMILES string of the molecule is Cn1ccnc1CNc1cc(F)cc(C#N)c1. The molecule has 0 aliphatic rings. The van der Waals surface area contributed by atoms with Crippen LogP contribution in [0.5, 0.6) is 0 Å². The van der Waals surface area contributed by atoms with Gasteiger partial charge in [0.2, 0.25) is 0 Å². The molecule has 0 bridgehead atoms. The normalized spacial score (nSPS) is 9.94. The van der Waals surface area contributed by atoms with E-state index < -0.39 is 5.82 Å². The lowest BCUT2D eigenvalue weighted by atomic mass is 10.2. The van der Waals surface area contributed by atoms with Crippen LogP contribution in [0.2, 0.25) is 0 Å². The second-order valence-corrected chi connectivity index (χ2v) is 3.65. The Bertz CT molecular complexity index is 568. The molecule has 0 spiro atoms. The van der Waals surface area contributed by atoms with Gasteiger partial charge in [-0.05, 0) is 18.2 Å². The van der Waals surface area contributed by atoms with Crippen LogP contribution in [0.1, 0.15) is 11.4 Å². The quantitative estimate of drug-likeness (QED) is 0.877. The highest BCUT2D eigenvalue weighted by molar-refractivity contribution is 5.49. The van der Waals surface area contributed by atoms with Crippen molar-refractivity contribution in [3.8, 4) is 6.07 Å². The minimum atomic E-state index is -0.425. The molecule has 2 aromatic rings. The van der Waals surface area contributed by atoms with Crippen molar-refractivity contribution < 1.29 is 4.39 Å². The fourth-order valence-electron chi connectivity index (χ4n) is 1.50. The molecular formula is C12H11FN4.